The minimum absolute atomic E-state index is 0.0932. The van der Waals surface area contributed by atoms with Crippen LogP contribution in [-0.2, 0) is 11.2 Å². The summed E-state index contributed by atoms with van der Waals surface area (Å²) in [5, 5.41) is 8.61. The standard InChI is InChI=1S/C9H12FN3O3/c1-4-5(3-6(11)8(14)15)7(10)13-9(12-4)16-2/h6H,3,11H2,1-2H3,(H,14,15). The van der Waals surface area contributed by atoms with Crippen LogP contribution in [0.3, 0.4) is 0 Å². The Morgan fingerprint density at radius 2 is 2.25 bits per heavy atom. The molecule has 1 rings (SSSR count). The zero-order valence-corrected chi connectivity index (χ0v) is 8.90. The van der Waals surface area contributed by atoms with Crippen molar-refractivity contribution in [2.24, 2.45) is 5.73 Å². The molecular weight excluding hydrogens is 217 g/mol. The number of carboxylic acid groups (broad SMARTS) is 1. The van der Waals surface area contributed by atoms with Gasteiger partial charge in [-0.3, -0.25) is 4.79 Å². The summed E-state index contributed by atoms with van der Waals surface area (Å²) in [5.41, 5.74) is 5.72. The molecule has 7 heteroatoms. The maximum absolute atomic E-state index is 13.4. The average Bonchev–Trinajstić information content (AvgIpc) is 2.22. The minimum Gasteiger partial charge on any atom is -0.480 e. The van der Waals surface area contributed by atoms with E-state index in [1.807, 2.05) is 0 Å². The number of rotatable bonds is 4. The number of hydrogen-bond acceptors (Lipinski definition) is 5. The predicted molar refractivity (Wildman–Crippen MR) is 52.6 cm³/mol. The number of aliphatic carboxylic acids is 1. The Bertz CT molecular complexity index is 388. The molecule has 88 valence electrons. The third-order valence-corrected chi connectivity index (χ3v) is 2.07. The fourth-order valence-electron chi connectivity index (χ4n) is 1.17. The maximum atomic E-state index is 13.4. The van der Waals surface area contributed by atoms with Crippen LogP contribution in [0.25, 0.3) is 0 Å². The Kier molecular flexibility index (Phi) is 3.73. The van der Waals surface area contributed by atoms with Gasteiger partial charge in [-0.15, -0.1) is 0 Å². The summed E-state index contributed by atoms with van der Waals surface area (Å²) in [5.74, 6) is -2.00. The van der Waals surface area contributed by atoms with Crippen LogP contribution >= 0.6 is 0 Å². The van der Waals surface area contributed by atoms with Crippen LogP contribution in [0.15, 0.2) is 0 Å². The quantitative estimate of drug-likeness (QED) is 0.699. The molecule has 1 unspecified atom stereocenters. The van der Waals surface area contributed by atoms with Gasteiger partial charge < -0.3 is 15.6 Å². The molecule has 0 saturated carbocycles. The van der Waals surface area contributed by atoms with E-state index in [9.17, 15) is 9.18 Å². The van der Waals surface area contributed by atoms with Gasteiger partial charge in [-0.05, 0) is 6.92 Å². The molecule has 0 spiro atoms. The third kappa shape index (κ3) is 2.63. The summed E-state index contributed by atoms with van der Waals surface area (Å²) in [4.78, 5) is 17.8. The molecule has 3 N–H and O–H groups in total. The van der Waals surface area contributed by atoms with Crippen molar-refractivity contribution in [1.82, 2.24) is 9.97 Å². The van der Waals surface area contributed by atoms with Crippen molar-refractivity contribution < 1.29 is 19.0 Å². The van der Waals surface area contributed by atoms with Crippen LogP contribution in [-0.4, -0.2) is 34.2 Å². The summed E-state index contributed by atoms with van der Waals surface area (Å²) in [7, 11) is 1.32. The minimum atomic E-state index is -1.20. The molecule has 0 aliphatic heterocycles. The van der Waals surface area contributed by atoms with E-state index >= 15 is 0 Å². The second-order valence-corrected chi connectivity index (χ2v) is 3.21. The molecule has 0 saturated heterocycles. The molecule has 0 bridgehead atoms. The number of methoxy groups -OCH3 is 1. The molecular formula is C9H12FN3O3. The van der Waals surface area contributed by atoms with Gasteiger partial charge in [-0.1, -0.05) is 0 Å². The lowest BCUT2D eigenvalue weighted by molar-refractivity contribution is -0.138. The Balaban J connectivity index is 3.01. The molecule has 0 aliphatic carbocycles. The van der Waals surface area contributed by atoms with E-state index in [-0.39, 0.29) is 18.0 Å². The summed E-state index contributed by atoms with van der Waals surface area (Å²) in [6.45, 7) is 1.54. The van der Waals surface area contributed by atoms with Crippen LogP contribution in [0, 0.1) is 12.9 Å². The number of aryl methyl sites for hydroxylation is 1. The van der Waals surface area contributed by atoms with Gasteiger partial charge in [0.05, 0.1) is 12.8 Å². The van der Waals surface area contributed by atoms with Crippen LogP contribution in [0.5, 0.6) is 6.01 Å². The first-order valence-electron chi connectivity index (χ1n) is 4.51. The lowest BCUT2D eigenvalue weighted by Gasteiger charge is -2.10. The highest BCUT2D eigenvalue weighted by Crippen LogP contribution is 2.14. The van der Waals surface area contributed by atoms with Gasteiger partial charge in [0.2, 0.25) is 5.95 Å². The van der Waals surface area contributed by atoms with Crippen molar-refractivity contribution in [2.45, 2.75) is 19.4 Å². The van der Waals surface area contributed by atoms with Crippen LogP contribution in [0.1, 0.15) is 11.3 Å². The van der Waals surface area contributed by atoms with Gasteiger partial charge >= 0.3 is 12.0 Å². The first-order valence-corrected chi connectivity index (χ1v) is 4.51. The van der Waals surface area contributed by atoms with Gasteiger partial charge in [0.1, 0.15) is 6.04 Å². The number of carbonyl (C=O) groups is 1. The maximum Gasteiger partial charge on any atom is 0.320 e. The summed E-state index contributed by atoms with van der Waals surface area (Å²) < 4.78 is 18.1. The number of ether oxygens (including phenoxy) is 1. The number of aromatic nitrogens is 2. The van der Waals surface area contributed by atoms with Crippen molar-refractivity contribution >= 4 is 5.97 Å². The van der Waals surface area contributed by atoms with Crippen molar-refractivity contribution in [3.05, 3.63) is 17.2 Å². The lowest BCUT2D eigenvalue weighted by atomic mass is 10.1. The van der Waals surface area contributed by atoms with Crippen LogP contribution in [0.2, 0.25) is 0 Å². The van der Waals surface area contributed by atoms with Gasteiger partial charge in [0.15, 0.2) is 0 Å². The highest BCUT2D eigenvalue weighted by atomic mass is 19.1. The van der Waals surface area contributed by atoms with Gasteiger partial charge in [-0.2, -0.15) is 9.37 Å². The molecule has 0 aliphatic rings. The van der Waals surface area contributed by atoms with E-state index in [0.29, 0.717) is 5.69 Å². The molecule has 16 heavy (non-hydrogen) atoms. The topological polar surface area (TPSA) is 98.3 Å². The van der Waals surface area contributed by atoms with E-state index in [1.165, 1.54) is 14.0 Å². The average molecular weight is 229 g/mol. The smallest absolute Gasteiger partial charge is 0.320 e. The zero-order chi connectivity index (χ0) is 12.3. The van der Waals surface area contributed by atoms with E-state index in [1.54, 1.807) is 0 Å². The van der Waals surface area contributed by atoms with E-state index in [0.717, 1.165) is 0 Å². The molecule has 1 heterocycles. The molecule has 1 aromatic rings. The lowest BCUT2D eigenvalue weighted by Crippen LogP contribution is -2.33. The highest BCUT2D eigenvalue weighted by molar-refractivity contribution is 5.73. The first-order chi connectivity index (χ1) is 7.45. The predicted octanol–water partition coefficient (Wildman–Crippen LogP) is -0.113. The second-order valence-electron chi connectivity index (χ2n) is 3.21. The summed E-state index contributed by atoms with van der Waals surface area (Å²) in [6, 6.07) is -1.27. The second kappa shape index (κ2) is 4.84. The van der Waals surface area contributed by atoms with Crippen molar-refractivity contribution in [3.8, 4) is 6.01 Å². The number of carboxylic acids is 1. The number of hydrogen-bond donors (Lipinski definition) is 2. The monoisotopic (exact) mass is 229 g/mol. The number of nitrogens with two attached hydrogens (primary N) is 1. The zero-order valence-electron chi connectivity index (χ0n) is 8.90. The highest BCUT2D eigenvalue weighted by Gasteiger charge is 2.19. The molecule has 6 nitrogen and oxygen atoms in total. The summed E-state index contributed by atoms with van der Waals surface area (Å²) >= 11 is 0. The molecule has 0 amide bonds. The van der Waals surface area contributed by atoms with E-state index < -0.39 is 18.0 Å². The number of halogens is 1. The van der Waals surface area contributed by atoms with Crippen LogP contribution < -0.4 is 10.5 Å². The Hall–Kier alpha value is -1.76. The fourth-order valence-corrected chi connectivity index (χ4v) is 1.17. The fraction of sp³-hybridized carbons (Fsp3) is 0.444. The van der Waals surface area contributed by atoms with Crippen molar-refractivity contribution in [3.63, 3.8) is 0 Å². The first kappa shape index (κ1) is 12.3. The van der Waals surface area contributed by atoms with Crippen LogP contribution in [0.4, 0.5) is 4.39 Å². The van der Waals surface area contributed by atoms with E-state index in [4.69, 9.17) is 10.8 Å². The SMILES string of the molecule is COc1nc(C)c(CC(N)C(=O)O)c(F)n1. The number of nitrogens with zero attached hydrogens (tertiary/aromatic N) is 2. The molecule has 1 atom stereocenters. The normalized spacial score (nSPS) is 12.2. The summed E-state index contributed by atoms with van der Waals surface area (Å²) in [6.07, 6.45) is -0.156. The van der Waals surface area contributed by atoms with E-state index in [2.05, 4.69) is 14.7 Å². The third-order valence-electron chi connectivity index (χ3n) is 2.07. The van der Waals surface area contributed by atoms with Crippen molar-refractivity contribution in [1.29, 1.82) is 0 Å². The largest absolute Gasteiger partial charge is 0.480 e. The van der Waals surface area contributed by atoms with Gasteiger partial charge in [0, 0.05) is 12.0 Å². The Morgan fingerprint density at radius 3 is 2.69 bits per heavy atom. The van der Waals surface area contributed by atoms with Gasteiger partial charge in [0.25, 0.3) is 0 Å². The Morgan fingerprint density at radius 1 is 1.62 bits per heavy atom. The molecule has 0 aromatic carbocycles. The molecule has 0 fully saturated rings. The molecule has 1 aromatic heterocycles. The van der Waals surface area contributed by atoms with Gasteiger partial charge in [-0.25, -0.2) is 4.98 Å². The Labute approximate surface area is 91.3 Å². The van der Waals surface area contributed by atoms with Crippen molar-refractivity contribution in [2.75, 3.05) is 7.11 Å². The molecule has 0 radical (unpaired) electrons.